The van der Waals surface area contributed by atoms with Crippen LogP contribution in [0.5, 0.6) is 0 Å². The third-order valence-corrected chi connectivity index (χ3v) is 3.62. The summed E-state index contributed by atoms with van der Waals surface area (Å²) < 4.78 is 0. The minimum Gasteiger partial charge on any atom is -0.326 e. The lowest BCUT2D eigenvalue weighted by molar-refractivity contribution is -0.117. The number of hydrogen-bond donors (Lipinski definition) is 2. The largest absolute Gasteiger partial charge is 0.326 e. The van der Waals surface area contributed by atoms with Gasteiger partial charge in [-0.15, -0.1) is 0 Å². The molecule has 1 saturated carbocycles. The molecule has 0 bridgehead atoms. The summed E-state index contributed by atoms with van der Waals surface area (Å²) in [5.41, 5.74) is 2.71. The highest BCUT2D eigenvalue weighted by Crippen LogP contribution is 2.30. The van der Waals surface area contributed by atoms with Crippen LogP contribution in [0.25, 0.3) is 0 Å². The summed E-state index contributed by atoms with van der Waals surface area (Å²) in [7, 11) is 0. The van der Waals surface area contributed by atoms with Gasteiger partial charge in [-0.2, -0.15) is 0 Å². The lowest BCUT2D eigenvalue weighted by Crippen LogP contribution is -2.15. The normalized spacial score (nSPS) is 13.5. The first kappa shape index (κ1) is 14.3. The molecule has 0 radical (unpaired) electrons. The number of carbonyl (C=O) groups is 2. The highest BCUT2D eigenvalue weighted by atomic mass is 16.2. The van der Waals surface area contributed by atoms with Crippen LogP contribution in [0.3, 0.4) is 0 Å². The van der Waals surface area contributed by atoms with Crippen molar-refractivity contribution in [3.63, 3.8) is 0 Å². The SMILES string of the molecule is Cc1ncccc1NC(=O)c1ccc(NC(=O)C2CC2)cc1. The predicted molar refractivity (Wildman–Crippen MR) is 84.7 cm³/mol. The van der Waals surface area contributed by atoms with E-state index in [0.29, 0.717) is 16.9 Å². The molecule has 0 spiro atoms. The molecule has 1 aliphatic carbocycles. The molecule has 2 amide bonds. The average molecular weight is 295 g/mol. The molecule has 0 aliphatic heterocycles. The van der Waals surface area contributed by atoms with Crippen LogP contribution >= 0.6 is 0 Å². The van der Waals surface area contributed by atoms with Crippen molar-refractivity contribution in [1.82, 2.24) is 4.98 Å². The van der Waals surface area contributed by atoms with Gasteiger partial charge in [0, 0.05) is 23.4 Å². The van der Waals surface area contributed by atoms with E-state index in [1.54, 1.807) is 36.5 Å². The lowest BCUT2D eigenvalue weighted by atomic mass is 10.2. The molecule has 0 unspecified atom stereocenters. The maximum absolute atomic E-state index is 12.2. The van der Waals surface area contributed by atoms with Crippen molar-refractivity contribution < 1.29 is 9.59 Å². The van der Waals surface area contributed by atoms with Crippen LogP contribution in [0.15, 0.2) is 42.6 Å². The quantitative estimate of drug-likeness (QED) is 0.911. The van der Waals surface area contributed by atoms with Crippen LogP contribution in [0.1, 0.15) is 28.9 Å². The summed E-state index contributed by atoms with van der Waals surface area (Å²) in [6, 6.07) is 10.5. The fraction of sp³-hybridized carbons (Fsp3) is 0.235. The van der Waals surface area contributed by atoms with Crippen LogP contribution in [-0.2, 0) is 4.79 Å². The van der Waals surface area contributed by atoms with E-state index in [0.717, 1.165) is 18.5 Å². The Morgan fingerprint density at radius 1 is 1.09 bits per heavy atom. The molecule has 0 atom stereocenters. The molecule has 112 valence electrons. The van der Waals surface area contributed by atoms with Crippen LogP contribution in [0, 0.1) is 12.8 Å². The number of anilines is 2. The molecule has 3 rings (SSSR count). The first-order chi connectivity index (χ1) is 10.6. The zero-order chi connectivity index (χ0) is 15.5. The van der Waals surface area contributed by atoms with Gasteiger partial charge in [0.1, 0.15) is 0 Å². The fourth-order valence-electron chi connectivity index (χ4n) is 2.11. The molecule has 1 heterocycles. The van der Waals surface area contributed by atoms with E-state index < -0.39 is 0 Å². The molecule has 1 fully saturated rings. The molecule has 2 N–H and O–H groups in total. The Morgan fingerprint density at radius 3 is 2.45 bits per heavy atom. The minimum absolute atomic E-state index is 0.0585. The predicted octanol–water partition coefficient (Wildman–Crippen LogP) is 2.99. The number of hydrogen-bond acceptors (Lipinski definition) is 3. The van der Waals surface area contributed by atoms with Gasteiger partial charge < -0.3 is 10.6 Å². The molecule has 22 heavy (non-hydrogen) atoms. The monoisotopic (exact) mass is 295 g/mol. The standard InChI is InChI=1S/C17H17N3O2/c1-11-15(3-2-10-18-11)20-17(22)13-6-8-14(9-7-13)19-16(21)12-4-5-12/h2-3,6-10,12H,4-5H2,1H3,(H,19,21)(H,20,22). The summed E-state index contributed by atoms with van der Waals surface area (Å²) >= 11 is 0. The molecule has 5 heteroatoms. The van der Waals surface area contributed by atoms with E-state index in [2.05, 4.69) is 15.6 Å². The number of amides is 2. The second-order valence-electron chi connectivity index (χ2n) is 5.43. The van der Waals surface area contributed by atoms with Crippen molar-refractivity contribution in [1.29, 1.82) is 0 Å². The van der Waals surface area contributed by atoms with Gasteiger partial charge in [0.05, 0.1) is 11.4 Å². The first-order valence-electron chi connectivity index (χ1n) is 7.27. The van der Waals surface area contributed by atoms with E-state index >= 15 is 0 Å². The van der Waals surface area contributed by atoms with Crippen LogP contribution in [0.4, 0.5) is 11.4 Å². The molecule has 2 aromatic rings. The van der Waals surface area contributed by atoms with Crippen LogP contribution in [-0.4, -0.2) is 16.8 Å². The number of aromatic nitrogens is 1. The summed E-state index contributed by atoms with van der Waals surface area (Å²) in [6.07, 6.45) is 3.62. The molecule has 1 aliphatic rings. The summed E-state index contributed by atoms with van der Waals surface area (Å²) in [4.78, 5) is 28.0. The summed E-state index contributed by atoms with van der Waals surface area (Å²) in [5, 5.41) is 5.67. The molecule has 1 aromatic heterocycles. The Morgan fingerprint density at radius 2 is 1.82 bits per heavy atom. The third kappa shape index (κ3) is 3.31. The molecule has 5 nitrogen and oxygen atoms in total. The Kier molecular flexibility index (Phi) is 3.87. The van der Waals surface area contributed by atoms with Crippen molar-refractivity contribution in [2.45, 2.75) is 19.8 Å². The van der Waals surface area contributed by atoms with Gasteiger partial charge in [0.25, 0.3) is 5.91 Å². The number of aryl methyl sites for hydroxylation is 1. The third-order valence-electron chi connectivity index (χ3n) is 3.62. The number of pyridine rings is 1. The number of carbonyl (C=O) groups excluding carboxylic acids is 2. The first-order valence-corrected chi connectivity index (χ1v) is 7.27. The van der Waals surface area contributed by atoms with Crippen molar-refractivity contribution in [3.05, 3.63) is 53.9 Å². The topological polar surface area (TPSA) is 71.1 Å². The highest BCUT2D eigenvalue weighted by Gasteiger charge is 2.29. The van der Waals surface area contributed by atoms with Gasteiger partial charge in [0.2, 0.25) is 5.91 Å². The van der Waals surface area contributed by atoms with E-state index in [-0.39, 0.29) is 17.7 Å². The summed E-state index contributed by atoms with van der Waals surface area (Å²) in [5.74, 6) is 0.0240. The van der Waals surface area contributed by atoms with E-state index in [1.165, 1.54) is 0 Å². The number of nitrogens with zero attached hydrogens (tertiary/aromatic N) is 1. The Hall–Kier alpha value is -2.69. The van der Waals surface area contributed by atoms with Gasteiger partial charge >= 0.3 is 0 Å². The van der Waals surface area contributed by atoms with E-state index in [9.17, 15) is 9.59 Å². The summed E-state index contributed by atoms with van der Waals surface area (Å²) in [6.45, 7) is 1.84. The molecular weight excluding hydrogens is 278 g/mol. The van der Waals surface area contributed by atoms with Crippen LogP contribution in [0.2, 0.25) is 0 Å². The van der Waals surface area contributed by atoms with E-state index in [4.69, 9.17) is 0 Å². The van der Waals surface area contributed by atoms with Gasteiger partial charge in [-0.3, -0.25) is 14.6 Å². The Labute approximate surface area is 128 Å². The van der Waals surface area contributed by atoms with E-state index in [1.807, 2.05) is 13.0 Å². The Balaban J connectivity index is 1.65. The smallest absolute Gasteiger partial charge is 0.255 e. The van der Waals surface area contributed by atoms with Crippen LogP contribution < -0.4 is 10.6 Å². The van der Waals surface area contributed by atoms with Gasteiger partial charge in [-0.1, -0.05) is 0 Å². The molecule has 0 saturated heterocycles. The number of nitrogens with one attached hydrogen (secondary N) is 2. The second-order valence-corrected chi connectivity index (χ2v) is 5.43. The molecular formula is C17H17N3O2. The van der Waals surface area contributed by atoms with Crippen molar-refractivity contribution in [2.75, 3.05) is 10.6 Å². The maximum Gasteiger partial charge on any atom is 0.255 e. The van der Waals surface area contributed by atoms with Crippen molar-refractivity contribution in [2.24, 2.45) is 5.92 Å². The van der Waals surface area contributed by atoms with Gasteiger partial charge in [-0.05, 0) is 56.2 Å². The van der Waals surface area contributed by atoms with Crippen molar-refractivity contribution in [3.8, 4) is 0 Å². The lowest BCUT2D eigenvalue weighted by Gasteiger charge is -2.08. The Bertz CT molecular complexity index is 706. The van der Waals surface area contributed by atoms with Crippen molar-refractivity contribution >= 4 is 23.2 Å². The highest BCUT2D eigenvalue weighted by molar-refractivity contribution is 6.05. The molecule has 1 aromatic carbocycles. The number of benzene rings is 1. The zero-order valence-electron chi connectivity index (χ0n) is 12.3. The zero-order valence-corrected chi connectivity index (χ0v) is 12.3. The van der Waals surface area contributed by atoms with Gasteiger partial charge in [-0.25, -0.2) is 0 Å². The average Bonchev–Trinajstić information content (AvgIpc) is 3.35. The van der Waals surface area contributed by atoms with Gasteiger partial charge in [0.15, 0.2) is 0 Å². The minimum atomic E-state index is -0.198. The maximum atomic E-state index is 12.2. The number of rotatable bonds is 4. The fourth-order valence-corrected chi connectivity index (χ4v) is 2.11. The second kappa shape index (κ2) is 5.97.